The molecular formula is C22H23N3O3S. The third-order valence-electron chi connectivity index (χ3n) is 4.41. The molecule has 7 heteroatoms. The van der Waals surface area contributed by atoms with Gasteiger partial charge >= 0.3 is 5.97 Å². The van der Waals surface area contributed by atoms with Gasteiger partial charge in [-0.15, -0.1) is 5.10 Å². The number of carbonyl (C=O) groups excluding carboxylic acids is 2. The predicted molar refractivity (Wildman–Crippen MR) is 114 cm³/mol. The molecule has 0 fully saturated rings. The van der Waals surface area contributed by atoms with E-state index in [4.69, 9.17) is 4.74 Å². The lowest BCUT2D eigenvalue weighted by molar-refractivity contribution is 0.0738. The van der Waals surface area contributed by atoms with Gasteiger partial charge in [0.15, 0.2) is 4.88 Å². The summed E-state index contributed by atoms with van der Waals surface area (Å²) in [5, 5.41) is 6.76. The number of hydrogen-bond donors (Lipinski definition) is 1. The van der Waals surface area contributed by atoms with Crippen LogP contribution in [0.4, 0.5) is 5.69 Å². The van der Waals surface area contributed by atoms with Crippen molar-refractivity contribution in [1.29, 1.82) is 0 Å². The van der Waals surface area contributed by atoms with Gasteiger partial charge in [-0.3, -0.25) is 4.79 Å². The van der Waals surface area contributed by atoms with Gasteiger partial charge in [0.05, 0.1) is 5.69 Å². The maximum atomic E-state index is 12.5. The minimum atomic E-state index is -0.479. The van der Waals surface area contributed by atoms with E-state index in [9.17, 15) is 9.59 Å². The van der Waals surface area contributed by atoms with E-state index in [-0.39, 0.29) is 11.3 Å². The molecule has 0 aliphatic rings. The number of nitrogens with one attached hydrogen (secondary N) is 1. The van der Waals surface area contributed by atoms with Crippen LogP contribution >= 0.6 is 11.5 Å². The maximum absolute atomic E-state index is 12.5. The molecule has 0 radical (unpaired) electrons. The van der Waals surface area contributed by atoms with Crippen molar-refractivity contribution in [2.75, 3.05) is 5.32 Å². The number of hydrogen-bond acceptors (Lipinski definition) is 6. The Labute approximate surface area is 174 Å². The van der Waals surface area contributed by atoms with Gasteiger partial charge in [0.25, 0.3) is 5.91 Å². The van der Waals surface area contributed by atoms with E-state index >= 15 is 0 Å². The minimum Gasteiger partial charge on any atom is -0.422 e. The van der Waals surface area contributed by atoms with Crippen LogP contribution in [0.3, 0.4) is 0 Å². The van der Waals surface area contributed by atoms with Crippen molar-refractivity contribution in [2.45, 2.75) is 39.5 Å². The zero-order chi connectivity index (χ0) is 21.0. The monoisotopic (exact) mass is 409 g/mol. The van der Waals surface area contributed by atoms with E-state index in [0.717, 1.165) is 11.5 Å². The van der Waals surface area contributed by atoms with Crippen molar-refractivity contribution in [3.8, 4) is 5.75 Å². The lowest BCUT2D eigenvalue weighted by Gasteiger charge is -2.19. The average molecular weight is 410 g/mol. The Morgan fingerprint density at radius 3 is 2.28 bits per heavy atom. The first kappa shape index (κ1) is 20.7. The Bertz CT molecular complexity index is 1000. The van der Waals surface area contributed by atoms with Crippen molar-refractivity contribution in [1.82, 2.24) is 9.59 Å². The fourth-order valence-corrected chi connectivity index (χ4v) is 3.31. The maximum Gasteiger partial charge on any atom is 0.357 e. The van der Waals surface area contributed by atoms with Crippen LogP contribution in [-0.2, 0) is 11.8 Å². The van der Waals surface area contributed by atoms with Crippen molar-refractivity contribution in [2.24, 2.45) is 0 Å². The third-order valence-corrected chi connectivity index (χ3v) is 5.16. The molecule has 0 aliphatic heterocycles. The molecule has 1 aromatic heterocycles. The number of rotatable bonds is 5. The van der Waals surface area contributed by atoms with E-state index in [1.54, 1.807) is 24.3 Å². The van der Waals surface area contributed by atoms with E-state index in [0.29, 0.717) is 34.0 Å². The third kappa shape index (κ3) is 5.06. The van der Waals surface area contributed by atoms with Crippen molar-refractivity contribution in [3.05, 3.63) is 70.2 Å². The van der Waals surface area contributed by atoms with Gasteiger partial charge in [0, 0.05) is 11.3 Å². The molecule has 29 heavy (non-hydrogen) atoms. The minimum absolute atomic E-state index is 0.0371. The summed E-state index contributed by atoms with van der Waals surface area (Å²) in [5.41, 5.74) is 3.03. The first-order valence-corrected chi connectivity index (χ1v) is 10.1. The summed E-state index contributed by atoms with van der Waals surface area (Å²) in [5.74, 6) is -0.288. The number of amides is 1. The fourth-order valence-electron chi connectivity index (χ4n) is 2.68. The summed E-state index contributed by atoms with van der Waals surface area (Å²) in [7, 11) is 0. The van der Waals surface area contributed by atoms with Crippen LogP contribution in [0, 0.1) is 0 Å². The second-order valence-corrected chi connectivity index (χ2v) is 8.35. The topological polar surface area (TPSA) is 81.2 Å². The van der Waals surface area contributed by atoms with Crippen LogP contribution in [0.5, 0.6) is 5.75 Å². The molecule has 0 atom stereocenters. The number of anilines is 1. The second-order valence-electron chi connectivity index (χ2n) is 7.60. The molecule has 1 N–H and O–H groups in total. The Hall–Kier alpha value is -3.06. The van der Waals surface area contributed by atoms with Gasteiger partial charge in [-0.2, -0.15) is 0 Å². The molecule has 0 unspecified atom stereocenters. The molecule has 0 saturated carbocycles. The van der Waals surface area contributed by atoms with Gasteiger partial charge in [0.2, 0.25) is 0 Å². The van der Waals surface area contributed by atoms with Gasteiger partial charge < -0.3 is 10.1 Å². The number of ether oxygens (including phenoxy) is 1. The van der Waals surface area contributed by atoms with Crippen molar-refractivity contribution in [3.63, 3.8) is 0 Å². The SMILES string of the molecule is CCc1nnsc1C(=O)Oc1ccc(NC(=O)c2ccc(C(C)(C)C)cc2)cc1. The zero-order valence-electron chi connectivity index (χ0n) is 16.9. The van der Waals surface area contributed by atoms with Crippen LogP contribution in [0.15, 0.2) is 48.5 Å². The van der Waals surface area contributed by atoms with E-state index in [1.165, 1.54) is 5.56 Å². The van der Waals surface area contributed by atoms with Crippen LogP contribution in [0.2, 0.25) is 0 Å². The highest BCUT2D eigenvalue weighted by atomic mass is 32.1. The number of benzene rings is 2. The first-order valence-electron chi connectivity index (χ1n) is 9.33. The van der Waals surface area contributed by atoms with Gasteiger partial charge in [0.1, 0.15) is 5.75 Å². The Morgan fingerprint density at radius 2 is 1.69 bits per heavy atom. The summed E-state index contributed by atoms with van der Waals surface area (Å²) in [6, 6.07) is 14.2. The molecule has 150 valence electrons. The van der Waals surface area contributed by atoms with Crippen LogP contribution in [0.1, 0.15) is 59.0 Å². The molecule has 1 amide bonds. The van der Waals surface area contributed by atoms with Gasteiger partial charge in [-0.1, -0.05) is 44.3 Å². The highest BCUT2D eigenvalue weighted by Gasteiger charge is 2.17. The van der Waals surface area contributed by atoms with E-state index in [2.05, 4.69) is 35.7 Å². The lowest BCUT2D eigenvalue weighted by atomic mass is 9.87. The normalized spacial score (nSPS) is 11.2. The van der Waals surface area contributed by atoms with Gasteiger partial charge in [-0.05, 0) is 65.3 Å². The molecule has 3 rings (SSSR count). The smallest absolute Gasteiger partial charge is 0.357 e. The number of carbonyl (C=O) groups is 2. The number of aryl methyl sites for hydroxylation is 1. The molecule has 0 bridgehead atoms. The number of aromatic nitrogens is 2. The molecule has 3 aromatic rings. The Kier molecular flexibility index (Phi) is 6.08. The molecular weight excluding hydrogens is 386 g/mol. The highest BCUT2D eigenvalue weighted by Crippen LogP contribution is 2.23. The largest absolute Gasteiger partial charge is 0.422 e. The Morgan fingerprint density at radius 1 is 1.03 bits per heavy atom. The molecule has 1 heterocycles. The summed E-state index contributed by atoms with van der Waals surface area (Å²) in [4.78, 5) is 25.1. The molecule has 0 aliphatic carbocycles. The quantitative estimate of drug-likeness (QED) is 0.480. The van der Waals surface area contributed by atoms with E-state index in [1.807, 2.05) is 31.2 Å². The number of esters is 1. The summed E-state index contributed by atoms with van der Waals surface area (Å²) >= 11 is 1.02. The molecule has 2 aromatic carbocycles. The summed E-state index contributed by atoms with van der Waals surface area (Å²) < 4.78 is 9.16. The van der Waals surface area contributed by atoms with Crippen molar-refractivity contribution < 1.29 is 14.3 Å². The lowest BCUT2D eigenvalue weighted by Crippen LogP contribution is -2.14. The number of nitrogens with zero attached hydrogens (tertiary/aromatic N) is 2. The predicted octanol–water partition coefficient (Wildman–Crippen LogP) is 4.87. The zero-order valence-corrected chi connectivity index (χ0v) is 17.7. The fraction of sp³-hybridized carbons (Fsp3) is 0.273. The van der Waals surface area contributed by atoms with Crippen LogP contribution in [0.25, 0.3) is 0 Å². The standard InChI is InChI=1S/C22H23N3O3S/c1-5-18-19(29-25-24-18)21(27)28-17-12-10-16(11-13-17)23-20(26)14-6-8-15(9-7-14)22(2,3)4/h6-13H,5H2,1-4H3,(H,23,26). The van der Waals surface area contributed by atoms with Crippen LogP contribution < -0.4 is 10.1 Å². The van der Waals surface area contributed by atoms with Crippen molar-refractivity contribution >= 4 is 29.1 Å². The first-order chi connectivity index (χ1) is 13.8. The molecule has 0 saturated heterocycles. The van der Waals surface area contributed by atoms with Crippen LogP contribution in [-0.4, -0.2) is 21.5 Å². The van der Waals surface area contributed by atoms with Gasteiger partial charge in [-0.25, -0.2) is 4.79 Å². The molecule has 6 nitrogen and oxygen atoms in total. The van der Waals surface area contributed by atoms with E-state index < -0.39 is 5.97 Å². The Balaban J connectivity index is 1.63. The summed E-state index contributed by atoms with van der Waals surface area (Å²) in [6.45, 7) is 8.29. The average Bonchev–Trinajstić information content (AvgIpc) is 3.18. The second kappa shape index (κ2) is 8.53. The highest BCUT2D eigenvalue weighted by molar-refractivity contribution is 7.07. The summed E-state index contributed by atoms with van der Waals surface area (Å²) in [6.07, 6.45) is 0.614. The molecule has 0 spiro atoms.